The van der Waals surface area contributed by atoms with Crippen molar-refractivity contribution in [2.45, 2.75) is 6.54 Å². The minimum Gasteiger partial charge on any atom is -0.351 e. The van der Waals surface area contributed by atoms with Crippen LogP contribution >= 0.6 is 24.0 Å². The highest BCUT2D eigenvalue weighted by molar-refractivity contribution is 14.0. The Bertz CT molecular complexity index is 919. The fourth-order valence-electron chi connectivity index (χ4n) is 3.39. The first kappa shape index (κ1) is 20.2. The van der Waals surface area contributed by atoms with Gasteiger partial charge in [0.05, 0.1) is 12.2 Å². The van der Waals surface area contributed by atoms with E-state index in [0.29, 0.717) is 6.54 Å². The fraction of sp³-hybridized carbons (Fsp3) is 0.300. The van der Waals surface area contributed by atoms with Gasteiger partial charge in [0.1, 0.15) is 0 Å². The molecular weight excluding hydrogens is 465 g/mol. The van der Waals surface area contributed by atoms with Gasteiger partial charge in [0, 0.05) is 57.2 Å². The Hall–Kier alpha value is -2.49. The van der Waals surface area contributed by atoms with Gasteiger partial charge in [-0.1, -0.05) is 24.3 Å². The number of hydrogen-bond acceptors (Lipinski definition) is 5. The van der Waals surface area contributed by atoms with Crippen LogP contribution in [-0.2, 0) is 6.54 Å². The lowest BCUT2D eigenvalue weighted by Crippen LogP contribution is -2.52. The number of anilines is 1. The summed E-state index contributed by atoms with van der Waals surface area (Å²) in [6.45, 7) is 4.15. The Balaban J connectivity index is 0.00000225. The highest BCUT2D eigenvalue weighted by Crippen LogP contribution is 2.16. The van der Waals surface area contributed by atoms with Crippen LogP contribution in [0.1, 0.15) is 5.69 Å². The normalized spacial score (nSPS) is 14.7. The third kappa shape index (κ3) is 4.49. The standard InChI is InChI=1S/C20H23N7.HI/c1-21-19(25-15-18-17-6-3-2-5-16(17)7-10-22-18)26-11-13-27(14-12-26)20-23-8-4-9-24-20;/h2-10H,11-15H2,1H3,(H,21,25);1H. The lowest BCUT2D eigenvalue weighted by atomic mass is 10.1. The third-order valence-corrected chi connectivity index (χ3v) is 4.80. The number of halogens is 1. The number of rotatable bonds is 3. The molecule has 0 atom stereocenters. The average molecular weight is 489 g/mol. The van der Waals surface area contributed by atoms with E-state index in [1.54, 1.807) is 12.4 Å². The Morgan fingerprint density at radius 1 is 0.964 bits per heavy atom. The molecule has 146 valence electrons. The van der Waals surface area contributed by atoms with E-state index < -0.39 is 0 Å². The van der Waals surface area contributed by atoms with Crippen molar-refractivity contribution < 1.29 is 0 Å². The first-order valence-electron chi connectivity index (χ1n) is 9.15. The average Bonchev–Trinajstić information content (AvgIpc) is 2.75. The van der Waals surface area contributed by atoms with Crippen LogP contribution in [0.2, 0.25) is 0 Å². The number of pyridine rings is 1. The van der Waals surface area contributed by atoms with Crippen molar-refractivity contribution in [2.75, 3.05) is 38.1 Å². The minimum atomic E-state index is 0. The number of nitrogens with zero attached hydrogens (tertiary/aromatic N) is 6. The summed E-state index contributed by atoms with van der Waals surface area (Å²) in [7, 11) is 1.82. The number of hydrogen-bond donors (Lipinski definition) is 1. The second kappa shape index (κ2) is 9.63. The van der Waals surface area contributed by atoms with E-state index in [9.17, 15) is 0 Å². The van der Waals surface area contributed by atoms with Gasteiger partial charge in [-0.25, -0.2) is 9.97 Å². The van der Waals surface area contributed by atoms with Gasteiger partial charge in [-0.2, -0.15) is 0 Å². The largest absolute Gasteiger partial charge is 0.351 e. The molecule has 1 saturated heterocycles. The van der Waals surface area contributed by atoms with E-state index in [0.717, 1.165) is 43.8 Å². The maximum Gasteiger partial charge on any atom is 0.225 e. The van der Waals surface area contributed by atoms with E-state index in [1.165, 1.54) is 10.8 Å². The van der Waals surface area contributed by atoms with Crippen molar-refractivity contribution in [1.82, 2.24) is 25.2 Å². The number of aliphatic imine (C=N–C) groups is 1. The Morgan fingerprint density at radius 2 is 1.71 bits per heavy atom. The zero-order valence-corrected chi connectivity index (χ0v) is 18.2. The van der Waals surface area contributed by atoms with Crippen LogP contribution < -0.4 is 10.2 Å². The molecule has 0 radical (unpaired) electrons. The number of aromatic nitrogens is 3. The molecule has 3 heterocycles. The molecule has 0 aliphatic carbocycles. The maximum absolute atomic E-state index is 4.55. The van der Waals surface area contributed by atoms with E-state index in [-0.39, 0.29) is 24.0 Å². The molecule has 8 heteroatoms. The quantitative estimate of drug-likeness (QED) is 0.347. The van der Waals surface area contributed by atoms with Gasteiger partial charge in [-0.05, 0) is 17.5 Å². The summed E-state index contributed by atoms with van der Waals surface area (Å²) >= 11 is 0. The summed E-state index contributed by atoms with van der Waals surface area (Å²) in [6.07, 6.45) is 5.43. The van der Waals surface area contributed by atoms with Crippen LogP contribution in [0.4, 0.5) is 5.95 Å². The molecule has 7 nitrogen and oxygen atoms in total. The van der Waals surface area contributed by atoms with E-state index in [2.05, 4.69) is 53.3 Å². The molecule has 1 N–H and O–H groups in total. The topological polar surface area (TPSA) is 69.5 Å². The molecule has 0 bridgehead atoms. The fourth-order valence-corrected chi connectivity index (χ4v) is 3.39. The van der Waals surface area contributed by atoms with Crippen LogP contribution in [0.25, 0.3) is 10.8 Å². The molecule has 2 aromatic heterocycles. The van der Waals surface area contributed by atoms with Gasteiger partial charge < -0.3 is 15.1 Å². The van der Waals surface area contributed by atoms with Crippen LogP contribution in [0.5, 0.6) is 0 Å². The minimum absolute atomic E-state index is 0. The number of piperazine rings is 1. The van der Waals surface area contributed by atoms with E-state index >= 15 is 0 Å². The lowest BCUT2D eigenvalue weighted by Gasteiger charge is -2.36. The van der Waals surface area contributed by atoms with E-state index in [1.807, 2.05) is 31.4 Å². The molecule has 4 rings (SSSR count). The smallest absolute Gasteiger partial charge is 0.225 e. The van der Waals surface area contributed by atoms with Crippen LogP contribution in [0.15, 0.2) is 60.0 Å². The summed E-state index contributed by atoms with van der Waals surface area (Å²) in [5.74, 6) is 1.69. The molecule has 0 unspecified atom stereocenters. The van der Waals surface area contributed by atoms with Crippen molar-refractivity contribution in [1.29, 1.82) is 0 Å². The first-order chi connectivity index (χ1) is 13.3. The van der Waals surface area contributed by atoms with Gasteiger partial charge in [0.15, 0.2) is 5.96 Å². The zero-order chi connectivity index (χ0) is 18.5. The van der Waals surface area contributed by atoms with Crippen LogP contribution in [-0.4, -0.2) is 59.0 Å². The summed E-state index contributed by atoms with van der Waals surface area (Å²) in [6, 6.07) is 12.2. The molecule has 0 spiro atoms. The highest BCUT2D eigenvalue weighted by atomic mass is 127. The second-order valence-corrected chi connectivity index (χ2v) is 6.40. The lowest BCUT2D eigenvalue weighted by molar-refractivity contribution is 0.370. The molecule has 1 aliphatic heterocycles. The van der Waals surface area contributed by atoms with Crippen molar-refractivity contribution in [3.63, 3.8) is 0 Å². The maximum atomic E-state index is 4.55. The van der Waals surface area contributed by atoms with Crippen molar-refractivity contribution in [3.8, 4) is 0 Å². The Labute approximate surface area is 181 Å². The van der Waals surface area contributed by atoms with Gasteiger partial charge in [-0.3, -0.25) is 9.98 Å². The van der Waals surface area contributed by atoms with Gasteiger partial charge >= 0.3 is 0 Å². The summed E-state index contributed by atoms with van der Waals surface area (Å²) < 4.78 is 0. The third-order valence-electron chi connectivity index (χ3n) is 4.80. The molecule has 1 fully saturated rings. The molecular formula is C20H24IN7. The van der Waals surface area contributed by atoms with Crippen molar-refractivity contribution >= 4 is 46.7 Å². The second-order valence-electron chi connectivity index (χ2n) is 6.40. The summed E-state index contributed by atoms with van der Waals surface area (Å²) in [5, 5.41) is 5.85. The monoisotopic (exact) mass is 489 g/mol. The molecule has 1 aromatic carbocycles. The molecule has 1 aliphatic rings. The predicted molar refractivity (Wildman–Crippen MR) is 123 cm³/mol. The Morgan fingerprint density at radius 3 is 2.46 bits per heavy atom. The SMILES string of the molecule is CN=C(NCc1nccc2ccccc12)N1CCN(c2ncccn2)CC1.I. The number of fused-ring (bicyclic) bond motifs is 1. The summed E-state index contributed by atoms with van der Waals surface area (Å²) in [4.78, 5) is 22.2. The highest BCUT2D eigenvalue weighted by Gasteiger charge is 2.21. The Kier molecular flexibility index (Phi) is 6.96. The zero-order valence-electron chi connectivity index (χ0n) is 15.8. The number of benzene rings is 1. The van der Waals surface area contributed by atoms with Gasteiger partial charge in [0.25, 0.3) is 0 Å². The van der Waals surface area contributed by atoms with Crippen molar-refractivity contribution in [2.24, 2.45) is 4.99 Å². The summed E-state index contributed by atoms with van der Waals surface area (Å²) in [5.41, 5.74) is 1.03. The molecule has 0 amide bonds. The van der Waals surface area contributed by atoms with Crippen LogP contribution in [0, 0.1) is 0 Å². The van der Waals surface area contributed by atoms with Crippen molar-refractivity contribution in [3.05, 3.63) is 60.7 Å². The first-order valence-corrected chi connectivity index (χ1v) is 9.15. The molecule has 28 heavy (non-hydrogen) atoms. The number of guanidine groups is 1. The van der Waals surface area contributed by atoms with E-state index in [4.69, 9.17) is 0 Å². The predicted octanol–water partition coefficient (Wildman–Crippen LogP) is 2.54. The molecule has 0 saturated carbocycles. The van der Waals surface area contributed by atoms with Gasteiger partial charge in [-0.15, -0.1) is 24.0 Å². The van der Waals surface area contributed by atoms with Gasteiger partial charge in [0.2, 0.25) is 5.95 Å². The van der Waals surface area contributed by atoms with Crippen LogP contribution in [0.3, 0.4) is 0 Å². The molecule has 3 aromatic rings. The number of nitrogens with one attached hydrogen (secondary N) is 1.